The van der Waals surface area contributed by atoms with Crippen LogP contribution in [0.5, 0.6) is 0 Å². The average Bonchev–Trinajstić information content (AvgIpc) is 2.82. The van der Waals surface area contributed by atoms with E-state index in [-0.39, 0.29) is 17.8 Å². The third-order valence-corrected chi connectivity index (χ3v) is 5.20. The van der Waals surface area contributed by atoms with Crippen molar-refractivity contribution >= 4 is 15.7 Å². The van der Waals surface area contributed by atoms with E-state index < -0.39 is 26.7 Å². The van der Waals surface area contributed by atoms with E-state index in [9.17, 15) is 21.6 Å². The third-order valence-electron chi connectivity index (χ3n) is 4.23. The molecule has 25 heavy (non-hydrogen) atoms. The van der Waals surface area contributed by atoms with Crippen molar-refractivity contribution in [3.63, 3.8) is 0 Å². The predicted molar refractivity (Wildman–Crippen MR) is 87.3 cm³/mol. The van der Waals surface area contributed by atoms with E-state index in [4.69, 9.17) is 10.9 Å². The van der Waals surface area contributed by atoms with Gasteiger partial charge in [0.15, 0.2) is 0 Å². The molecule has 0 aromatic heterocycles. The number of hydrogen-bond acceptors (Lipinski definition) is 4. The number of anilines is 1. The van der Waals surface area contributed by atoms with E-state index in [0.717, 1.165) is 23.3 Å². The predicted octanol–water partition coefficient (Wildman–Crippen LogP) is 2.39. The largest absolute Gasteiger partial charge is 0.417 e. The first-order chi connectivity index (χ1) is 11.6. The number of halogens is 3. The molecule has 0 fully saturated rings. The van der Waals surface area contributed by atoms with Crippen LogP contribution in [-0.4, -0.2) is 14.5 Å². The Morgan fingerprint density at radius 2 is 1.80 bits per heavy atom. The highest BCUT2D eigenvalue weighted by atomic mass is 32.2. The first-order valence-corrected chi connectivity index (χ1v) is 8.96. The summed E-state index contributed by atoms with van der Waals surface area (Å²) in [5.41, 5.74) is 6.97. The molecule has 2 aromatic carbocycles. The Bertz CT molecular complexity index is 913. The molecule has 2 atom stereocenters. The standard InChI is InChI=1S/C16H16F3N3O2S/c17-16(18,19)12-8-10(5-6-14(12)25(21,23)24)22-13-7-9-3-1-2-4-11(9)15(13)20/h1-6,8,13,15,22H,7,20H2,(H2,21,23,24)/t13-,15-/m1/s1. The molecule has 5 nitrogen and oxygen atoms in total. The normalized spacial score (nSPS) is 20.4. The molecule has 1 aliphatic carbocycles. The number of sulfonamides is 1. The van der Waals surface area contributed by atoms with E-state index in [1.165, 1.54) is 6.07 Å². The van der Waals surface area contributed by atoms with Crippen LogP contribution in [-0.2, 0) is 22.6 Å². The Hall–Kier alpha value is -2.10. The minimum atomic E-state index is -4.85. The lowest BCUT2D eigenvalue weighted by molar-refractivity contribution is -0.139. The zero-order valence-electron chi connectivity index (χ0n) is 12.9. The first kappa shape index (κ1) is 17.7. The van der Waals surface area contributed by atoms with Crippen LogP contribution in [0.4, 0.5) is 18.9 Å². The van der Waals surface area contributed by atoms with Crippen molar-refractivity contribution in [2.24, 2.45) is 10.9 Å². The Morgan fingerprint density at radius 1 is 1.12 bits per heavy atom. The van der Waals surface area contributed by atoms with Crippen LogP contribution in [0.15, 0.2) is 47.4 Å². The molecule has 5 N–H and O–H groups in total. The lowest BCUT2D eigenvalue weighted by atomic mass is 10.1. The average molecular weight is 371 g/mol. The quantitative estimate of drug-likeness (QED) is 0.772. The second-order valence-corrected chi connectivity index (χ2v) is 7.46. The van der Waals surface area contributed by atoms with Crippen LogP contribution in [0.25, 0.3) is 0 Å². The van der Waals surface area contributed by atoms with Gasteiger partial charge < -0.3 is 11.1 Å². The molecule has 9 heteroatoms. The lowest BCUT2D eigenvalue weighted by Crippen LogP contribution is -2.30. The number of benzene rings is 2. The summed E-state index contributed by atoms with van der Waals surface area (Å²) in [7, 11) is -4.49. The van der Waals surface area contributed by atoms with Gasteiger partial charge in [-0.3, -0.25) is 0 Å². The molecule has 0 unspecified atom stereocenters. The number of alkyl halides is 3. The molecule has 0 saturated heterocycles. The molecule has 134 valence electrons. The Labute approximate surface area is 142 Å². The second kappa shape index (κ2) is 6.01. The van der Waals surface area contributed by atoms with E-state index in [2.05, 4.69) is 5.32 Å². The minimum absolute atomic E-state index is 0.132. The van der Waals surface area contributed by atoms with Crippen molar-refractivity contribution in [2.75, 3.05) is 5.32 Å². The number of hydrogen-bond donors (Lipinski definition) is 3. The van der Waals surface area contributed by atoms with Gasteiger partial charge in [-0.25, -0.2) is 13.6 Å². The van der Waals surface area contributed by atoms with Crippen molar-refractivity contribution in [3.05, 3.63) is 59.2 Å². The number of fused-ring (bicyclic) bond motifs is 1. The summed E-state index contributed by atoms with van der Waals surface area (Å²) in [6.07, 6.45) is -4.28. The Kier molecular flexibility index (Phi) is 4.26. The van der Waals surface area contributed by atoms with Crippen molar-refractivity contribution in [1.82, 2.24) is 0 Å². The topological polar surface area (TPSA) is 98.2 Å². The fraction of sp³-hybridized carbons (Fsp3) is 0.250. The monoisotopic (exact) mass is 371 g/mol. The minimum Gasteiger partial charge on any atom is -0.380 e. The number of rotatable bonds is 3. The van der Waals surface area contributed by atoms with Gasteiger partial charge in [-0.05, 0) is 35.7 Å². The van der Waals surface area contributed by atoms with E-state index >= 15 is 0 Å². The van der Waals surface area contributed by atoms with Crippen LogP contribution in [0.3, 0.4) is 0 Å². The SMILES string of the molecule is N[C@@H]1c2ccccc2C[C@H]1Nc1ccc(S(N)(=O)=O)c(C(F)(F)F)c1. The fourth-order valence-corrected chi connectivity index (χ4v) is 3.81. The Balaban J connectivity index is 1.93. The third kappa shape index (κ3) is 3.48. The van der Waals surface area contributed by atoms with Gasteiger partial charge >= 0.3 is 6.18 Å². The lowest BCUT2D eigenvalue weighted by Gasteiger charge is -2.21. The summed E-state index contributed by atoms with van der Waals surface area (Å²) in [5, 5.41) is 7.85. The molecule has 1 aliphatic rings. The van der Waals surface area contributed by atoms with Gasteiger partial charge in [0, 0.05) is 11.7 Å². The van der Waals surface area contributed by atoms with Crippen LogP contribution in [0.2, 0.25) is 0 Å². The van der Waals surface area contributed by atoms with Gasteiger partial charge in [-0.15, -0.1) is 0 Å². The van der Waals surface area contributed by atoms with Gasteiger partial charge in [0.2, 0.25) is 10.0 Å². The number of primary sulfonamides is 1. The molecular weight excluding hydrogens is 355 g/mol. The summed E-state index contributed by atoms with van der Waals surface area (Å²) < 4.78 is 62.4. The molecule has 0 saturated carbocycles. The van der Waals surface area contributed by atoms with Gasteiger partial charge in [-0.2, -0.15) is 13.2 Å². The molecular formula is C16H16F3N3O2S. The molecule has 3 rings (SSSR count). The van der Waals surface area contributed by atoms with Crippen LogP contribution < -0.4 is 16.2 Å². The van der Waals surface area contributed by atoms with Gasteiger partial charge in [0.25, 0.3) is 0 Å². The zero-order chi connectivity index (χ0) is 18.4. The molecule has 0 aliphatic heterocycles. The maximum Gasteiger partial charge on any atom is 0.417 e. The highest BCUT2D eigenvalue weighted by Crippen LogP contribution is 2.37. The first-order valence-electron chi connectivity index (χ1n) is 7.41. The molecule has 0 radical (unpaired) electrons. The summed E-state index contributed by atoms with van der Waals surface area (Å²) in [4.78, 5) is -0.954. The fourth-order valence-electron chi connectivity index (χ4n) is 3.07. The Morgan fingerprint density at radius 3 is 2.40 bits per heavy atom. The molecule has 0 spiro atoms. The molecule has 2 aromatic rings. The van der Waals surface area contributed by atoms with E-state index in [1.807, 2.05) is 24.3 Å². The summed E-state index contributed by atoms with van der Waals surface area (Å²) in [6, 6.07) is 9.71. The summed E-state index contributed by atoms with van der Waals surface area (Å²) >= 11 is 0. The van der Waals surface area contributed by atoms with Gasteiger partial charge in [0.05, 0.1) is 16.5 Å². The van der Waals surface area contributed by atoms with E-state index in [0.29, 0.717) is 6.42 Å². The smallest absolute Gasteiger partial charge is 0.380 e. The number of nitrogens with one attached hydrogen (secondary N) is 1. The van der Waals surface area contributed by atoms with Gasteiger partial charge in [-0.1, -0.05) is 24.3 Å². The van der Waals surface area contributed by atoms with Crippen LogP contribution in [0, 0.1) is 0 Å². The highest BCUT2D eigenvalue weighted by molar-refractivity contribution is 7.89. The maximum absolute atomic E-state index is 13.2. The van der Waals surface area contributed by atoms with Crippen LogP contribution in [0.1, 0.15) is 22.7 Å². The van der Waals surface area contributed by atoms with Crippen molar-refractivity contribution in [1.29, 1.82) is 0 Å². The van der Waals surface area contributed by atoms with Gasteiger partial charge in [0.1, 0.15) is 0 Å². The van der Waals surface area contributed by atoms with Crippen molar-refractivity contribution in [3.8, 4) is 0 Å². The zero-order valence-corrected chi connectivity index (χ0v) is 13.7. The maximum atomic E-state index is 13.2. The van der Waals surface area contributed by atoms with E-state index in [1.54, 1.807) is 0 Å². The summed E-state index contributed by atoms with van der Waals surface area (Å²) in [5.74, 6) is 0. The van der Waals surface area contributed by atoms with Crippen molar-refractivity contribution < 1.29 is 21.6 Å². The van der Waals surface area contributed by atoms with Crippen LogP contribution >= 0.6 is 0 Å². The second-order valence-electron chi connectivity index (χ2n) is 5.93. The highest BCUT2D eigenvalue weighted by Gasteiger charge is 2.37. The number of nitrogens with two attached hydrogens (primary N) is 2. The van der Waals surface area contributed by atoms with Crippen molar-refractivity contribution in [2.45, 2.75) is 29.6 Å². The summed E-state index contributed by atoms with van der Waals surface area (Å²) in [6.45, 7) is 0. The molecule has 0 amide bonds. The molecule has 0 bridgehead atoms. The molecule has 0 heterocycles.